The smallest absolute Gasteiger partial charge is 0.227 e. The number of rotatable bonds is 6. The van der Waals surface area contributed by atoms with Crippen LogP contribution in [0.15, 0.2) is 18.2 Å². The van der Waals surface area contributed by atoms with Crippen molar-refractivity contribution >= 4 is 21.6 Å². The van der Waals surface area contributed by atoms with E-state index < -0.39 is 16.1 Å². The molecule has 0 fully saturated rings. The van der Waals surface area contributed by atoms with Gasteiger partial charge in [0.1, 0.15) is 11.9 Å². The van der Waals surface area contributed by atoms with Gasteiger partial charge in [-0.2, -0.15) is 0 Å². The highest BCUT2D eigenvalue weighted by atomic mass is 32.2. The van der Waals surface area contributed by atoms with Gasteiger partial charge in [0.25, 0.3) is 0 Å². The van der Waals surface area contributed by atoms with E-state index in [-0.39, 0.29) is 37.4 Å². The van der Waals surface area contributed by atoms with Crippen molar-refractivity contribution in [1.82, 2.24) is 9.21 Å². The number of aliphatic hydroxyl groups is 1. The molecule has 1 aromatic rings. The van der Waals surface area contributed by atoms with E-state index in [1.54, 1.807) is 11.8 Å². The number of amides is 1. The van der Waals surface area contributed by atoms with Crippen LogP contribution in [0.1, 0.15) is 19.4 Å². The molecular formula is C20H33N3O5S. The number of aliphatic hydroxyl groups excluding tert-OH is 1. The molecule has 1 aliphatic rings. The number of sulfonamides is 1. The third-order valence-corrected chi connectivity index (χ3v) is 6.70. The molecule has 0 unspecified atom stereocenters. The molecule has 9 heteroatoms. The average molecular weight is 428 g/mol. The lowest BCUT2D eigenvalue weighted by Crippen LogP contribution is -2.48. The summed E-state index contributed by atoms with van der Waals surface area (Å²) in [6, 6.07) is 5.33. The van der Waals surface area contributed by atoms with E-state index in [0.717, 1.165) is 17.5 Å². The molecule has 1 N–H and O–H groups in total. The number of fused-ring (bicyclic) bond motifs is 1. The number of hydrogen-bond donors (Lipinski definition) is 1. The number of hydrogen-bond acceptors (Lipinski definition) is 6. The first-order chi connectivity index (χ1) is 13.4. The topological polar surface area (TPSA) is 90.4 Å². The van der Waals surface area contributed by atoms with Gasteiger partial charge in [-0.1, -0.05) is 6.92 Å². The van der Waals surface area contributed by atoms with Crippen molar-refractivity contribution in [1.29, 1.82) is 0 Å². The van der Waals surface area contributed by atoms with Crippen LogP contribution < -0.4 is 9.64 Å². The maximum atomic E-state index is 13.0. The van der Waals surface area contributed by atoms with Crippen molar-refractivity contribution in [3.05, 3.63) is 23.8 Å². The normalized spacial score (nSPS) is 21.7. The highest BCUT2D eigenvalue weighted by Crippen LogP contribution is 2.30. The van der Waals surface area contributed by atoms with Gasteiger partial charge in [0.15, 0.2) is 0 Å². The first-order valence-corrected chi connectivity index (χ1v) is 11.6. The number of ether oxygens (including phenoxy) is 1. The standard InChI is InChI=1S/C20H33N3O5S/c1-14-11-23(15(2)13-24)20(25)10-16-9-17(21(3)4)7-8-18(16)28-19(14)12-22(5)29(6,26)27/h7-9,14-15,19,24H,10-13H2,1-6H3/t14-,15-,19-/m1/s1. The fourth-order valence-corrected chi connectivity index (χ4v) is 3.72. The molecule has 1 aromatic carbocycles. The van der Waals surface area contributed by atoms with E-state index in [9.17, 15) is 18.3 Å². The molecule has 0 saturated heterocycles. The van der Waals surface area contributed by atoms with Crippen LogP contribution >= 0.6 is 0 Å². The molecule has 3 atom stereocenters. The molecule has 0 saturated carbocycles. The maximum Gasteiger partial charge on any atom is 0.227 e. The highest BCUT2D eigenvalue weighted by molar-refractivity contribution is 7.88. The van der Waals surface area contributed by atoms with Crippen molar-refractivity contribution in [3.63, 3.8) is 0 Å². The van der Waals surface area contributed by atoms with Gasteiger partial charge in [0.2, 0.25) is 15.9 Å². The number of carbonyl (C=O) groups excluding carboxylic acids is 1. The van der Waals surface area contributed by atoms with Crippen LogP contribution in [0.25, 0.3) is 0 Å². The summed E-state index contributed by atoms with van der Waals surface area (Å²) in [4.78, 5) is 16.7. The Bertz CT molecular complexity index is 827. The van der Waals surface area contributed by atoms with Gasteiger partial charge >= 0.3 is 0 Å². The maximum absolute atomic E-state index is 13.0. The molecule has 0 aromatic heterocycles. The first kappa shape index (κ1) is 23.4. The molecule has 1 amide bonds. The van der Waals surface area contributed by atoms with Crippen LogP contribution in [0.3, 0.4) is 0 Å². The van der Waals surface area contributed by atoms with Gasteiger partial charge in [0.05, 0.1) is 31.9 Å². The molecule has 1 aliphatic heterocycles. The highest BCUT2D eigenvalue weighted by Gasteiger charge is 2.32. The van der Waals surface area contributed by atoms with Crippen molar-refractivity contribution in [3.8, 4) is 5.75 Å². The Labute approximate surface area is 174 Å². The minimum Gasteiger partial charge on any atom is -0.488 e. The predicted molar refractivity (Wildman–Crippen MR) is 114 cm³/mol. The summed E-state index contributed by atoms with van der Waals surface area (Å²) >= 11 is 0. The molecule has 2 rings (SSSR count). The van der Waals surface area contributed by atoms with Crippen molar-refractivity contribution in [2.24, 2.45) is 5.92 Å². The molecule has 0 spiro atoms. The molecular weight excluding hydrogens is 394 g/mol. The molecule has 1 heterocycles. The third-order valence-electron chi connectivity index (χ3n) is 5.42. The summed E-state index contributed by atoms with van der Waals surface area (Å²) in [6.07, 6.45) is 0.870. The summed E-state index contributed by atoms with van der Waals surface area (Å²) in [7, 11) is 2.00. The summed E-state index contributed by atoms with van der Waals surface area (Å²) in [6.45, 7) is 4.14. The van der Waals surface area contributed by atoms with Gasteiger partial charge in [-0.25, -0.2) is 12.7 Å². The van der Waals surface area contributed by atoms with Gasteiger partial charge in [-0.05, 0) is 25.1 Å². The molecule has 164 valence electrons. The van der Waals surface area contributed by atoms with Crippen molar-refractivity contribution < 1.29 is 23.1 Å². The molecule has 0 aliphatic carbocycles. The summed E-state index contributed by atoms with van der Waals surface area (Å²) in [5, 5.41) is 9.63. The number of benzene rings is 1. The van der Waals surface area contributed by atoms with Gasteiger partial charge in [0, 0.05) is 44.9 Å². The van der Waals surface area contributed by atoms with Crippen LogP contribution in [-0.2, 0) is 21.2 Å². The van der Waals surface area contributed by atoms with E-state index in [1.807, 2.05) is 44.1 Å². The molecule has 0 radical (unpaired) electrons. The van der Waals surface area contributed by atoms with Crippen LogP contribution in [0, 0.1) is 5.92 Å². The van der Waals surface area contributed by atoms with Crippen LogP contribution in [0.2, 0.25) is 0 Å². The Kier molecular flexibility index (Phi) is 7.53. The number of likely N-dealkylation sites (N-methyl/N-ethyl adjacent to an activating group) is 1. The Morgan fingerprint density at radius 3 is 2.52 bits per heavy atom. The van der Waals surface area contributed by atoms with E-state index >= 15 is 0 Å². The van der Waals surface area contributed by atoms with Gasteiger partial charge in [-0.3, -0.25) is 4.79 Å². The van der Waals surface area contributed by atoms with E-state index in [4.69, 9.17) is 4.74 Å². The van der Waals surface area contributed by atoms with Gasteiger partial charge in [-0.15, -0.1) is 0 Å². The lowest BCUT2D eigenvalue weighted by atomic mass is 10.0. The quantitative estimate of drug-likeness (QED) is 0.722. The van der Waals surface area contributed by atoms with Crippen molar-refractivity contribution in [2.75, 3.05) is 52.0 Å². The second kappa shape index (κ2) is 9.32. The van der Waals surface area contributed by atoms with Gasteiger partial charge < -0.3 is 19.6 Å². The van der Waals surface area contributed by atoms with Crippen LogP contribution in [0.4, 0.5) is 5.69 Å². The first-order valence-electron chi connectivity index (χ1n) is 9.72. The van der Waals surface area contributed by atoms with E-state index in [0.29, 0.717) is 12.3 Å². The van der Waals surface area contributed by atoms with Crippen LogP contribution in [0.5, 0.6) is 5.75 Å². The summed E-state index contributed by atoms with van der Waals surface area (Å²) in [5.41, 5.74) is 1.69. The largest absolute Gasteiger partial charge is 0.488 e. The van der Waals surface area contributed by atoms with Crippen molar-refractivity contribution in [2.45, 2.75) is 32.4 Å². The second-order valence-electron chi connectivity index (χ2n) is 8.12. The zero-order chi connectivity index (χ0) is 21.9. The lowest BCUT2D eigenvalue weighted by molar-refractivity contribution is -0.134. The summed E-state index contributed by atoms with van der Waals surface area (Å²) < 4.78 is 31.4. The monoisotopic (exact) mass is 427 g/mol. The van der Waals surface area contributed by atoms with E-state index in [2.05, 4.69) is 0 Å². The van der Waals surface area contributed by atoms with E-state index in [1.165, 1.54) is 11.4 Å². The average Bonchev–Trinajstić information content (AvgIpc) is 2.68. The molecule has 8 nitrogen and oxygen atoms in total. The number of nitrogens with zero attached hydrogens (tertiary/aromatic N) is 3. The van der Waals surface area contributed by atoms with Crippen LogP contribution in [-0.4, -0.2) is 87.9 Å². The SMILES string of the molecule is C[C@@H]1CN([C@H](C)CO)C(=O)Cc2cc(N(C)C)ccc2O[C@@H]1CN(C)S(C)(=O)=O. The lowest BCUT2D eigenvalue weighted by Gasteiger charge is -2.33. The minimum absolute atomic E-state index is 0.0868. The fraction of sp³-hybridized carbons (Fsp3) is 0.650. The number of anilines is 1. The third kappa shape index (κ3) is 5.83. The Morgan fingerprint density at radius 1 is 1.31 bits per heavy atom. The summed E-state index contributed by atoms with van der Waals surface area (Å²) in [5.74, 6) is 0.356. The fourth-order valence-electron chi connectivity index (χ4n) is 3.30. The molecule has 29 heavy (non-hydrogen) atoms. The zero-order valence-corrected chi connectivity index (χ0v) is 18.9. The second-order valence-corrected chi connectivity index (χ2v) is 10.2. The number of carbonyl (C=O) groups is 1. The Hall–Kier alpha value is -1.84. The molecule has 0 bridgehead atoms. The zero-order valence-electron chi connectivity index (χ0n) is 18.1. The minimum atomic E-state index is -3.37. The predicted octanol–water partition coefficient (Wildman–Crippen LogP) is 0.793. The Balaban J connectivity index is 2.48. The Morgan fingerprint density at radius 2 is 1.97 bits per heavy atom.